The first-order valence-electron chi connectivity index (χ1n) is 19.9. The van der Waals surface area contributed by atoms with Gasteiger partial charge in [-0.25, -0.2) is 24.0 Å². The number of hydrogen-bond donors (Lipinski definition) is 11. The minimum atomic E-state index is -0.586. The lowest BCUT2D eigenvalue weighted by Crippen LogP contribution is -2.28. The SMILES string of the molecule is COc1cc(CNC(N)=O)ccc1O.COc1ccc(CNC(N)=O)cc1.COc1ccc(CNC(N)=O)cc1OC.NC(=O)NCc1ccc2c(c1)OCO2.NC(=O)NCc1ccccc1. The molecule has 0 fully saturated rings. The van der Waals surface area contributed by atoms with Gasteiger partial charge in [0.05, 0.1) is 28.4 Å². The summed E-state index contributed by atoms with van der Waals surface area (Å²) in [5, 5.41) is 21.7. The monoisotopic (exact) mass is 930 g/mol. The summed E-state index contributed by atoms with van der Waals surface area (Å²) in [5.41, 5.74) is 29.3. The number of benzene rings is 5. The zero-order valence-electron chi connectivity index (χ0n) is 37.5. The van der Waals surface area contributed by atoms with Crippen LogP contribution < -0.4 is 83.7 Å². The van der Waals surface area contributed by atoms with E-state index in [1.165, 1.54) is 13.2 Å². The molecule has 16 N–H and O–H groups in total. The van der Waals surface area contributed by atoms with Gasteiger partial charge in [-0.3, -0.25) is 0 Å². The number of phenolic OH excluding ortho intramolecular Hbond substituents is 1. The maximum absolute atomic E-state index is 10.5. The molecule has 1 aliphatic heterocycles. The molecular weight excluding hydrogens is 873 g/mol. The Hall–Kier alpha value is -8.95. The molecule has 0 atom stereocenters. The van der Waals surface area contributed by atoms with Crippen molar-refractivity contribution in [3.63, 3.8) is 0 Å². The normalized spacial score (nSPS) is 10.0. The zero-order chi connectivity index (χ0) is 49.6. The summed E-state index contributed by atoms with van der Waals surface area (Å²) in [5.74, 6) is 3.94. The molecule has 0 saturated carbocycles. The molecule has 0 radical (unpaired) electrons. The number of carbonyl (C=O) groups is 5. The van der Waals surface area contributed by atoms with Gasteiger partial charge in [-0.1, -0.05) is 60.7 Å². The van der Waals surface area contributed by atoms with E-state index >= 15 is 0 Å². The molecule has 360 valence electrons. The average molecular weight is 931 g/mol. The summed E-state index contributed by atoms with van der Waals surface area (Å²) in [6.45, 7) is 2.27. The van der Waals surface area contributed by atoms with Crippen molar-refractivity contribution in [1.29, 1.82) is 0 Å². The molecule has 1 aliphatic rings. The van der Waals surface area contributed by atoms with Gasteiger partial charge in [0.1, 0.15) is 5.75 Å². The molecule has 6 rings (SSSR count). The summed E-state index contributed by atoms with van der Waals surface area (Å²) in [6, 6.07) is 30.0. The molecule has 5 aromatic carbocycles. The number of hydrogen-bond acceptors (Lipinski definition) is 12. The van der Waals surface area contributed by atoms with E-state index in [1.54, 1.807) is 51.7 Å². The summed E-state index contributed by atoms with van der Waals surface area (Å²) >= 11 is 0. The fourth-order valence-corrected chi connectivity index (χ4v) is 5.16. The number of rotatable bonds is 14. The number of aromatic hydroxyl groups is 1. The summed E-state index contributed by atoms with van der Waals surface area (Å²) < 4.78 is 30.4. The second kappa shape index (κ2) is 30.2. The number of carbonyl (C=O) groups excluding carboxylic acids is 5. The number of urea groups is 5. The van der Waals surface area contributed by atoms with Crippen LogP contribution in [0.3, 0.4) is 0 Å². The summed E-state index contributed by atoms with van der Waals surface area (Å²) in [6.07, 6.45) is 0. The maximum atomic E-state index is 10.5. The fraction of sp³-hybridized carbons (Fsp3) is 0.222. The van der Waals surface area contributed by atoms with Crippen LogP contribution in [0.1, 0.15) is 27.8 Å². The predicted octanol–water partition coefficient (Wildman–Crippen LogP) is 3.74. The lowest BCUT2D eigenvalue weighted by Gasteiger charge is -2.09. The van der Waals surface area contributed by atoms with E-state index in [1.807, 2.05) is 72.8 Å². The minimum absolute atomic E-state index is 0.0651. The zero-order valence-corrected chi connectivity index (χ0v) is 37.5. The van der Waals surface area contributed by atoms with Crippen LogP contribution in [-0.4, -0.2) is 70.5 Å². The van der Waals surface area contributed by atoms with Crippen molar-refractivity contribution in [2.45, 2.75) is 32.7 Å². The number of amides is 10. The van der Waals surface area contributed by atoms with Gasteiger partial charge >= 0.3 is 30.2 Å². The minimum Gasteiger partial charge on any atom is -0.504 e. The molecule has 1 heterocycles. The van der Waals surface area contributed by atoms with Crippen LogP contribution in [0, 0.1) is 0 Å². The summed E-state index contributed by atoms with van der Waals surface area (Å²) in [7, 11) is 6.19. The molecule has 0 aliphatic carbocycles. The molecule has 22 nitrogen and oxygen atoms in total. The molecule has 10 amide bonds. The van der Waals surface area contributed by atoms with Crippen molar-refractivity contribution in [2.24, 2.45) is 28.7 Å². The highest BCUT2D eigenvalue weighted by Crippen LogP contribution is 2.32. The molecule has 0 spiro atoms. The van der Waals surface area contributed by atoms with Crippen LogP contribution in [0.5, 0.6) is 40.2 Å². The third-order valence-corrected chi connectivity index (χ3v) is 8.46. The standard InChI is InChI=1S/C10H14N2O3.C9H10N2O3.C9H12N2O3.C9H12N2O2.C8H10N2O/c1-14-8-4-3-7(5-9(8)15-2)6-12-10(11)13;10-9(12)11-4-6-1-2-7-8(3-6)14-5-13-7;1-14-8-4-6(2-3-7(8)12)5-11-9(10)13;1-13-8-4-2-7(3-5-8)6-11-9(10)12;9-8(11)10-6-7-4-2-1-3-5-7/h3-5H,6H2,1-2H3,(H3,11,12,13);1-3H,4-5H2,(H3,10,11,12);2-4,12H,5H2,1H3,(H3,10,11,13);2-5H,6H2,1H3,(H3,10,11,12);1-5H,6H2,(H3,9,10,11). The molecule has 0 aromatic heterocycles. The van der Waals surface area contributed by atoms with Crippen LogP contribution in [0.25, 0.3) is 0 Å². The second-order valence-corrected chi connectivity index (χ2v) is 13.3. The first-order chi connectivity index (χ1) is 32.1. The Morgan fingerprint density at radius 1 is 0.448 bits per heavy atom. The first kappa shape index (κ1) is 54.2. The number of primary amides is 5. The van der Waals surface area contributed by atoms with E-state index in [9.17, 15) is 29.1 Å². The molecule has 0 unspecified atom stereocenters. The van der Waals surface area contributed by atoms with Gasteiger partial charge in [-0.15, -0.1) is 0 Å². The second-order valence-electron chi connectivity index (χ2n) is 13.3. The van der Waals surface area contributed by atoms with E-state index in [4.69, 9.17) is 57.1 Å². The highest BCUT2D eigenvalue weighted by atomic mass is 16.7. The van der Waals surface area contributed by atoms with E-state index in [2.05, 4.69) is 26.6 Å². The largest absolute Gasteiger partial charge is 0.504 e. The molecule has 22 heteroatoms. The number of nitrogens with two attached hydrogens (primary N) is 5. The summed E-state index contributed by atoms with van der Waals surface area (Å²) in [4.78, 5) is 52.1. The van der Waals surface area contributed by atoms with Crippen LogP contribution in [-0.2, 0) is 32.7 Å². The topological polar surface area (TPSA) is 351 Å². The Kier molecular flexibility index (Phi) is 24.4. The van der Waals surface area contributed by atoms with Gasteiger partial charge < -0.3 is 88.8 Å². The lowest BCUT2D eigenvalue weighted by atomic mass is 10.2. The number of fused-ring (bicyclic) bond motifs is 1. The van der Waals surface area contributed by atoms with Crippen molar-refractivity contribution in [1.82, 2.24) is 26.6 Å². The first-order valence-corrected chi connectivity index (χ1v) is 19.9. The lowest BCUT2D eigenvalue weighted by molar-refractivity contribution is 0.174. The number of phenols is 1. The van der Waals surface area contributed by atoms with Gasteiger partial charge in [0.2, 0.25) is 6.79 Å². The smallest absolute Gasteiger partial charge is 0.312 e. The van der Waals surface area contributed by atoms with Gasteiger partial charge in [0.25, 0.3) is 0 Å². The van der Waals surface area contributed by atoms with Gasteiger partial charge in [-0.05, 0) is 76.3 Å². The molecule has 5 aromatic rings. The Bertz CT molecular complexity index is 2300. The molecule has 67 heavy (non-hydrogen) atoms. The Labute approximate surface area is 387 Å². The maximum Gasteiger partial charge on any atom is 0.312 e. The number of nitrogens with one attached hydrogen (secondary N) is 5. The Morgan fingerprint density at radius 3 is 1.30 bits per heavy atom. The van der Waals surface area contributed by atoms with Crippen molar-refractivity contribution in [3.8, 4) is 40.2 Å². The number of methoxy groups -OCH3 is 4. The highest BCUT2D eigenvalue weighted by molar-refractivity contribution is 5.73. The van der Waals surface area contributed by atoms with Crippen molar-refractivity contribution < 1.29 is 57.5 Å². The van der Waals surface area contributed by atoms with E-state index in [0.717, 1.165) is 39.3 Å². The van der Waals surface area contributed by atoms with Crippen LogP contribution in [0.15, 0.2) is 109 Å². The van der Waals surface area contributed by atoms with E-state index in [0.29, 0.717) is 55.7 Å². The van der Waals surface area contributed by atoms with Crippen LogP contribution in [0.4, 0.5) is 24.0 Å². The van der Waals surface area contributed by atoms with Gasteiger partial charge in [0, 0.05) is 32.7 Å². The Morgan fingerprint density at radius 2 is 0.836 bits per heavy atom. The fourth-order valence-electron chi connectivity index (χ4n) is 5.16. The third-order valence-electron chi connectivity index (χ3n) is 8.46. The van der Waals surface area contributed by atoms with Crippen molar-refractivity contribution in [3.05, 3.63) is 137 Å². The number of ether oxygens (including phenoxy) is 6. The van der Waals surface area contributed by atoms with E-state index in [-0.39, 0.29) is 12.5 Å². The third kappa shape index (κ3) is 22.8. The van der Waals surface area contributed by atoms with Crippen molar-refractivity contribution >= 4 is 30.2 Å². The van der Waals surface area contributed by atoms with Gasteiger partial charge in [0.15, 0.2) is 34.5 Å². The molecular formula is C45H58N10O12. The van der Waals surface area contributed by atoms with Crippen molar-refractivity contribution in [2.75, 3.05) is 35.2 Å². The highest BCUT2D eigenvalue weighted by Gasteiger charge is 2.13. The molecule has 0 saturated heterocycles. The Balaban J connectivity index is 0.000000289. The van der Waals surface area contributed by atoms with Crippen LogP contribution >= 0.6 is 0 Å². The van der Waals surface area contributed by atoms with E-state index < -0.39 is 30.2 Å². The van der Waals surface area contributed by atoms with Crippen LogP contribution in [0.2, 0.25) is 0 Å². The molecule has 0 bridgehead atoms. The quantitative estimate of drug-likeness (QED) is 0.0759. The van der Waals surface area contributed by atoms with Gasteiger partial charge in [-0.2, -0.15) is 0 Å². The predicted molar refractivity (Wildman–Crippen MR) is 248 cm³/mol. The average Bonchev–Trinajstić information content (AvgIpc) is 3.80.